The van der Waals surface area contributed by atoms with Crippen LogP contribution in [0.5, 0.6) is 0 Å². The van der Waals surface area contributed by atoms with Crippen molar-refractivity contribution in [1.82, 2.24) is 14.9 Å². The van der Waals surface area contributed by atoms with Crippen molar-refractivity contribution in [3.63, 3.8) is 0 Å². The summed E-state index contributed by atoms with van der Waals surface area (Å²) in [6.45, 7) is 1.29. The lowest BCUT2D eigenvalue weighted by Gasteiger charge is -2.32. The van der Waals surface area contributed by atoms with Gasteiger partial charge in [-0.15, -0.1) is 11.3 Å². The molecule has 3 aromatic heterocycles. The van der Waals surface area contributed by atoms with Crippen LogP contribution in [0.15, 0.2) is 42.9 Å². The van der Waals surface area contributed by atoms with Gasteiger partial charge in [-0.3, -0.25) is 14.6 Å². The van der Waals surface area contributed by atoms with Crippen molar-refractivity contribution >= 4 is 33.4 Å². The van der Waals surface area contributed by atoms with Crippen molar-refractivity contribution < 1.29 is 9.59 Å². The van der Waals surface area contributed by atoms with Crippen LogP contribution in [-0.2, 0) is 0 Å². The molecule has 0 atom stereocenters. The van der Waals surface area contributed by atoms with Crippen LogP contribution >= 0.6 is 11.3 Å². The van der Waals surface area contributed by atoms with E-state index in [0.717, 1.165) is 28.6 Å². The number of fused-ring (bicyclic) bond motifs is 1. The number of primary amides is 1. The molecule has 4 heterocycles. The highest BCUT2D eigenvalue weighted by Crippen LogP contribution is 2.39. The van der Waals surface area contributed by atoms with Gasteiger partial charge in [0.25, 0.3) is 11.8 Å². The minimum atomic E-state index is -0.406. The first-order valence-corrected chi connectivity index (χ1v) is 9.33. The van der Waals surface area contributed by atoms with Gasteiger partial charge in [-0.2, -0.15) is 0 Å². The first-order chi connectivity index (χ1) is 12.6. The fourth-order valence-corrected chi connectivity index (χ4v) is 4.66. The van der Waals surface area contributed by atoms with Gasteiger partial charge in [0.1, 0.15) is 4.83 Å². The van der Waals surface area contributed by atoms with E-state index in [4.69, 9.17) is 5.73 Å². The van der Waals surface area contributed by atoms with E-state index in [1.54, 1.807) is 30.7 Å². The summed E-state index contributed by atoms with van der Waals surface area (Å²) in [5, 5.41) is 1.00. The van der Waals surface area contributed by atoms with Crippen molar-refractivity contribution in [2.75, 3.05) is 13.1 Å². The van der Waals surface area contributed by atoms with Gasteiger partial charge in [0.2, 0.25) is 0 Å². The highest BCUT2D eigenvalue weighted by Gasteiger charge is 2.29. The zero-order chi connectivity index (χ0) is 18.1. The number of aromatic nitrogens is 2. The summed E-state index contributed by atoms with van der Waals surface area (Å²) in [5.74, 6) is -0.200. The molecule has 1 fully saturated rings. The fourth-order valence-electron chi connectivity index (χ4n) is 3.58. The molecule has 4 rings (SSSR count). The molecular weight excluding hydrogens is 348 g/mol. The maximum Gasteiger partial charge on any atom is 0.259 e. The standard InChI is InChI=1S/C19H18N4O2S/c20-17(24)16-15(14-4-2-8-22-18(14)26-16)12-5-9-23(10-6-12)19(25)13-3-1-7-21-11-13/h1-4,7-8,11-12H,5-6,9-10H2,(H2,20,24). The van der Waals surface area contributed by atoms with E-state index in [9.17, 15) is 9.59 Å². The second-order valence-corrected chi connectivity index (χ2v) is 7.37. The second kappa shape index (κ2) is 6.84. The van der Waals surface area contributed by atoms with E-state index in [2.05, 4.69) is 9.97 Å². The van der Waals surface area contributed by atoms with E-state index in [0.29, 0.717) is 23.5 Å². The first kappa shape index (κ1) is 16.7. The molecule has 132 valence electrons. The SMILES string of the molecule is NC(=O)c1sc2ncccc2c1C1CCN(C(=O)c2cccnc2)CC1. The molecular formula is C19H18N4O2S. The zero-order valence-electron chi connectivity index (χ0n) is 14.1. The zero-order valence-corrected chi connectivity index (χ0v) is 14.9. The molecule has 6 nitrogen and oxygen atoms in total. The summed E-state index contributed by atoms with van der Waals surface area (Å²) in [5.41, 5.74) is 7.21. The molecule has 7 heteroatoms. The molecule has 0 aromatic carbocycles. The Balaban J connectivity index is 1.57. The van der Waals surface area contributed by atoms with E-state index < -0.39 is 5.91 Å². The Morgan fingerprint density at radius 2 is 1.92 bits per heavy atom. The van der Waals surface area contributed by atoms with Crippen LogP contribution in [0.2, 0.25) is 0 Å². The van der Waals surface area contributed by atoms with Crippen molar-refractivity contribution in [2.24, 2.45) is 5.73 Å². The Kier molecular flexibility index (Phi) is 4.38. The maximum atomic E-state index is 12.6. The van der Waals surface area contributed by atoms with Crippen molar-refractivity contribution in [3.05, 3.63) is 58.9 Å². The predicted molar refractivity (Wildman–Crippen MR) is 100 cm³/mol. The van der Waals surface area contributed by atoms with Gasteiger partial charge in [-0.25, -0.2) is 4.98 Å². The Morgan fingerprint density at radius 3 is 2.62 bits per heavy atom. The van der Waals surface area contributed by atoms with Gasteiger partial charge in [0.15, 0.2) is 0 Å². The third-order valence-corrected chi connectivity index (χ3v) is 5.97. The number of pyridine rings is 2. The van der Waals surface area contributed by atoms with E-state index in [-0.39, 0.29) is 11.8 Å². The van der Waals surface area contributed by atoms with Crippen LogP contribution in [0.1, 0.15) is 44.4 Å². The van der Waals surface area contributed by atoms with Gasteiger partial charge < -0.3 is 10.6 Å². The Bertz CT molecular complexity index is 962. The number of hydrogen-bond donors (Lipinski definition) is 1. The van der Waals surface area contributed by atoms with E-state index in [1.165, 1.54) is 11.3 Å². The molecule has 0 aliphatic carbocycles. The molecule has 0 bridgehead atoms. The van der Waals surface area contributed by atoms with Gasteiger partial charge in [0, 0.05) is 37.1 Å². The Hall–Kier alpha value is -2.80. The molecule has 0 unspecified atom stereocenters. The summed E-state index contributed by atoms with van der Waals surface area (Å²) in [6.07, 6.45) is 6.57. The van der Waals surface area contributed by atoms with Crippen LogP contribution in [0, 0.1) is 0 Å². The van der Waals surface area contributed by atoms with Crippen molar-refractivity contribution in [1.29, 1.82) is 0 Å². The smallest absolute Gasteiger partial charge is 0.259 e. The molecule has 26 heavy (non-hydrogen) atoms. The highest BCUT2D eigenvalue weighted by atomic mass is 32.1. The number of thiophene rings is 1. The molecule has 0 radical (unpaired) electrons. The number of piperidine rings is 1. The van der Waals surface area contributed by atoms with E-state index in [1.807, 2.05) is 17.0 Å². The molecule has 1 saturated heterocycles. The molecule has 3 aromatic rings. The fraction of sp³-hybridized carbons (Fsp3) is 0.263. The quantitative estimate of drug-likeness (QED) is 0.772. The summed E-state index contributed by atoms with van der Waals surface area (Å²) in [6, 6.07) is 7.42. The number of carbonyl (C=O) groups is 2. The number of hydrogen-bond acceptors (Lipinski definition) is 5. The van der Waals surface area contributed by atoms with E-state index >= 15 is 0 Å². The minimum absolute atomic E-state index is 0.00326. The molecule has 1 aliphatic heterocycles. The summed E-state index contributed by atoms with van der Waals surface area (Å²) in [4.78, 5) is 36.2. The third kappa shape index (κ3) is 2.94. The molecule has 1 aliphatic rings. The highest BCUT2D eigenvalue weighted by molar-refractivity contribution is 7.20. The lowest BCUT2D eigenvalue weighted by atomic mass is 9.87. The predicted octanol–water partition coefficient (Wildman–Crippen LogP) is 2.81. The molecule has 0 spiro atoms. The van der Waals surface area contributed by atoms with Crippen LogP contribution < -0.4 is 5.73 Å². The lowest BCUT2D eigenvalue weighted by molar-refractivity contribution is 0.0712. The average Bonchev–Trinajstić information content (AvgIpc) is 3.08. The Morgan fingerprint density at radius 1 is 1.15 bits per heavy atom. The summed E-state index contributed by atoms with van der Waals surface area (Å²) < 4.78 is 0. The largest absolute Gasteiger partial charge is 0.365 e. The minimum Gasteiger partial charge on any atom is -0.365 e. The monoisotopic (exact) mass is 366 g/mol. The Labute approximate surface area is 154 Å². The van der Waals surface area contributed by atoms with Crippen LogP contribution in [0.4, 0.5) is 0 Å². The average molecular weight is 366 g/mol. The van der Waals surface area contributed by atoms with Gasteiger partial charge in [-0.05, 0) is 42.5 Å². The van der Waals surface area contributed by atoms with Crippen molar-refractivity contribution in [3.8, 4) is 0 Å². The van der Waals surface area contributed by atoms with Crippen LogP contribution in [0.25, 0.3) is 10.2 Å². The molecule has 2 N–H and O–H groups in total. The topological polar surface area (TPSA) is 89.2 Å². The van der Waals surface area contributed by atoms with Gasteiger partial charge in [0.05, 0.1) is 10.4 Å². The molecule has 0 saturated carbocycles. The van der Waals surface area contributed by atoms with Gasteiger partial charge >= 0.3 is 0 Å². The van der Waals surface area contributed by atoms with Crippen LogP contribution in [0.3, 0.4) is 0 Å². The summed E-state index contributed by atoms with van der Waals surface area (Å²) in [7, 11) is 0. The number of carbonyl (C=O) groups excluding carboxylic acids is 2. The van der Waals surface area contributed by atoms with Crippen molar-refractivity contribution in [2.45, 2.75) is 18.8 Å². The van der Waals surface area contributed by atoms with Gasteiger partial charge in [-0.1, -0.05) is 6.07 Å². The second-order valence-electron chi connectivity index (χ2n) is 6.37. The lowest BCUT2D eigenvalue weighted by Crippen LogP contribution is -2.38. The third-order valence-electron chi connectivity index (χ3n) is 4.83. The van der Waals surface area contributed by atoms with Crippen LogP contribution in [-0.4, -0.2) is 39.8 Å². The number of likely N-dealkylation sites (tertiary alicyclic amines) is 1. The number of amides is 2. The maximum absolute atomic E-state index is 12.6. The normalized spacial score (nSPS) is 15.3. The summed E-state index contributed by atoms with van der Waals surface area (Å²) >= 11 is 1.36. The number of nitrogens with two attached hydrogens (primary N) is 1. The molecule has 2 amide bonds. The first-order valence-electron chi connectivity index (χ1n) is 8.51. The number of rotatable bonds is 3. The number of nitrogens with zero attached hydrogens (tertiary/aromatic N) is 3.